The van der Waals surface area contributed by atoms with Crippen molar-refractivity contribution in [1.82, 2.24) is 10.6 Å². The molecule has 2 aromatic rings. The van der Waals surface area contributed by atoms with Gasteiger partial charge in [-0.1, -0.05) is 60.1 Å². The zero-order valence-corrected chi connectivity index (χ0v) is 17.4. The first-order valence-corrected chi connectivity index (χ1v) is 9.62. The van der Waals surface area contributed by atoms with E-state index in [-0.39, 0.29) is 11.9 Å². The molecule has 0 saturated heterocycles. The molecule has 1 unspecified atom stereocenters. The summed E-state index contributed by atoms with van der Waals surface area (Å²) in [4.78, 5) is 24.6. The molecule has 0 heterocycles. The van der Waals surface area contributed by atoms with Crippen LogP contribution in [-0.2, 0) is 16.0 Å². The van der Waals surface area contributed by atoms with Crippen molar-refractivity contribution in [3.05, 3.63) is 70.7 Å². The van der Waals surface area contributed by atoms with Gasteiger partial charge in [-0.2, -0.15) is 0 Å². The second-order valence-electron chi connectivity index (χ2n) is 7.64. The van der Waals surface area contributed by atoms with Gasteiger partial charge in [0.15, 0.2) is 0 Å². The Kier molecular flexibility index (Phi) is 7.46. The van der Waals surface area contributed by atoms with Crippen LogP contribution < -0.4 is 10.6 Å². The average molecular weight is 403 g/mol. The fraction of sp³-hybridized carbons (Fsp3) is 0.364. The molecule has 0 aliphatic rings. The molecule has 28 heavy (non-hydrogen) atoms. The lowest BCUT2D eigenvalue weighted by atomic mass is 9.98. The van der Waals surface area contributed by atoms with Gasteiger partial charge >= 0.3 is 6.09 Å². The van der Waals surface area contributed by atoms with E-state index in [1.54, 1.807) is 27.7 Å². The number of hydrogen-bond donors (Lipinski definition) is 2. The Bertz CT molecular complexity index is 803. The van der Waals surface area contributed by atoms with Crippen LogP contribution in [0.1, 0.15) is 44.9 Å². The van der Waals surface area contributed by atoms with E-state index in [0.29, 0.717) is 11.4 Å². The van der Waals surface area contributed by atoms with Crippen LogP contribution in [0, 0.1) is 0 Å². The predicted molar refractivity (Wildman–Crippen MR) is 111 cm³/mol. The van der Waals surface area contributed by atoms with Gasteiger partial charge in [-0.3, -0.25) is 4.79 Å². The number of hydrogen-bond acceptors (Lipinski definition) is 3. The summed E-state index contributed by atoms with van der Waals surface area (Å²) in [5.41, 5.74) is 1.27. The van der Waals surface area contributed by atoms with Gasteiger partial charge in [-0.15, -0.1) is 0 Å². The second-order valence-corrected chi connectivity index (χ2v) is 8.04. The first-order valence-electron chi connectivity index (χ1n) is 9.24. The Labute approximate surface area is 171 Å². The van der Waals surface area contributed by atoms with Gasteiger partial charge in [0.25, 0.3) is 0 Å². The van der Waals surface area contributed by atoms with E-state index in [4.69, 9.17) is 16.3 Å². The third-order valence-electron chi connectivity index (χ3n) is 4.03. The van der Waals surface area contributed by atoms with Gasteiger partial charge in [0, 0.05) is 5.02 Å². The molecule has 6 heteroatoms. The number of benzene rings is 2. The van der Waals surface area contributed by atoms with Crippen LogP contribution in [0.3, 0.4) is 0 Å². The van der Waals surface area contributed by atoms with Crippen LogP contribution in [0.2, 0.25) is 5.02 Å². The van der Waals surface area contributed by atoms with Crippen molar-refractivity contribution in [2.75, 3.05) is 0 Å². The number of amides is 2. The third kappa shape index (κ3) is 6.89. The summed E-state index contributed by atoms with van der Waals surface area (Å²) in [5.74, 6) is -0.299. The smallest absolute Gasteiger partial charge is 0.408 e. The molecule has 0 aliphatic carbocycles. The van der Waals surface area contributed by atoms with Gasteiger partial charge in [-0.05, 0) is 51.3 Å². The molecule has 0 aromatic heterocycles. The van der Waals surface area contributed by atoms with Crippen LogP contribution in [0.15, 0.2) is 54.6 Å². The highest BCUT2D eigenvalue weighted by molar-refractivity contribution is 6.31. The number of carbonyl (C=O) groups excluding carboxylic acids is 2. The fourth-order valence-electron chi connectivity index (χ4n) is 2.67. The SMILES string of the molecule is C[C@@H](NC(=O)OC(C)(C)C)C(=O)NC(Cc1ccccc1Cl)c1ccccc1. The number of nitrogens with one attached hydrogen (secondary N) is 2. The highest BCUT2D eigenvalue weighted by Crippen LogP contribution is 2.23. The quantitative estimate of drug-likeness (QED) is 0.738. The largest absolute Gasteiger partial charge is 0.444 e. The summed E-state index contributed by atoms with van der Waals surface area (Å²) in [6.07, 6.45) is -0.0910. The Morgan fingerprint density at radius 3 is 2.21 bits per heavy atom. The van der Waals surface area contributed by atoms with Crippen LogP contribution in [0.4, 0.5) is 4.79 Å². The average Bonchev–Trinajstić information content (AvgIpc) is 2.61. The number of carbonyl (C=O) groups is 2. The Hall–Kier alpha value is -2.53. The molecule has 2 N–H and O–H groups in total. The van der Waals surface area contributed by atoms with E-state index in [0.717, 1.165) is 11.1 Å². The Balaban J connectivity index is 2.10. The van der Waals surface area contributed by atoms with Gasteiger partial charge in [0.1, 0.15) is 11.6 Å². The molecule has 0 radical (unpaired) electrons. The normalized spacial score (nSPS) is 13.3. The standard InChI is InChI=1S/C22H27ClN2O3/c1-15(24-21(27)28-22(2,3)4)20(26)25-19(16-10-6-5-7-11-16)14-17-12-8-9-13-18(17)23/h5-13,15,19H,14H2,1-4H3,(H,24,27)(H,25,26)/t15-,19?/m1/s1. The zero-order valence-electron chi connectivity index (χ0n) is 16.7. The van der Waals surface area contributed by atoms with Crippen LogP contribution in [-0.4, -0.2) is 23.6 Å². The summed E-state index contributed by atoms with van der Waals surface area (Å²) < 4.78 is 5.21. The maximum atomic E-state index is 12.7. The van der Waals surface area contributed by atoms with Crippen molar-refractivity contribution in [2.45, 2.75) is 51.8 Å². The van der Waals surface area contributed by atoms with Crippen molar-refractivity contribution >= 4 is 23.6 Å². The highest BCUT2D eigenvalue weighted by Gasteiger charge is 2.23. The van der Waals surface area contributed by atoms with E-state index in [1.807, 2.05) is 54.6 Å². The molecular weight excluding hydrogens is 376 g/mol. The summed E-state index contributed by atoms with van der Waals surface area (Å²) >= 11 is 6.30. The Morgan fingerprint density at radius 2 is 1.61 bits per heavy atom. The predicted octanol–water partition coefficient (Wildman–Crippen LogP) is 4.65. The molecule has 2 amide bonds. The maximum absolute atomic E-state index is 12.7. The minimum Gasteiger partial charge on any atom is -0.444 e. The number of rotatable bonds is 6. The molecule has 0 fully saturated rings. The molecule has 2 aromatic carbocycles. The molecule has 0 bridgehead atoms. The highest BCUT2D eigenvalue weighted by atomic mass is 35.5. The van der Waals surface area contributed by atoms with Crippen molar-refractivity contribution in [2.24, 2.45) is 0 Å². The number of ether oxygens (including phenoxy) is 1. The van der Waals surface area contributed by atoms with Crippen LogP contribution in [0.25, 0.3) is 0 Å². The molecule has 0 spiro atoms. The lowest BCUT2D eigenvalue weighted by Gasteiger charge is -2.24. The summed E-state index contributed by atoms with van der Waals surface area (Å²) in [5, 5.41) is 6.23. The van der Waals surface area contributed by atoms with Crippen molar-refractivity contribution in [3.63, 3.8) is 0 Å². The molecule has 5 nitrogen and oxygen atoms in total. The minimum atomic E-state index is -0.743. The van der Waals surface area contributed by atoms with E-state index >= 15 is 0 Å². The second kappa shape index (κ2) is 9.60. The molecule has 0 aliphatic heterocycles. The number of halogens is 1. The molecule has 2 rings (SSSR count). The summed E-state index contributed by atoms with van der Waals surface area (Å²) in [7, 11) is 0. The molecular formula is C22H27ClN2O3. The van der Waals surface area contributed by atoms with Gasteiger partial charge in [-0.25, -0.2) is 4.79 Å². The van der Waals surface area contributed by atoms with Crippen molar-refractivity contribution < 1.29 is 14.3 Å². The molecule has 2 atom stereocenters. The first kappa shape index (κ1) is 21.8. The lowest BCUT2D eigenvalue weighted by molar-refractivity contribution is -0.123. The minimum absolute atomic E-state index is 0.281. The zero-order chi connectivity index (χ0) is 20.7. The van der Waals surface area contributed by atoms with Crippen molar-refractivity contribution in [3.8, 4) is 0 Å². The van der Waals surface area contributed by atoms with E-state index in [2.05, 4.69) is 10.6 Å². The maximum Gasteiger partial charge on any atom is 0.408 e. The van der Waals surface area contributed by atoms with E-state index < -0.39 is 17.7 Å². The third-order valence-corrected chi connectivity index (χ3v) is 4.40. The van der Waals surface area contributed by atoms with Gasteiger partial charge in [0.2, 0.25) is 5.91 Å². The number of alkyl carbamates (subject to hydrolysis) is 1. The van der Waals surface area contributed by atoms with Crippen molar-refractivity contribution in [1.29, 1.82) is 0 Å². The molecule has 0 saturated carbocycles. The van der Waals surface area contributed by atoms with Gasteiger partial charge < -0.3 is 15.4 Å². The first-order chi connectivity index (χ1) is 13.2. The molecule has 150 valence electrons. The fourth-order valence-corrected chi connectivity index (χ4v) is 2.88. The van der Waals surface area contributed by atoms with Crippen LogP contribution >= 0.6 is 11.6 Å². The van der Waals surface area contributed by atoms with E-state index in [1.165, 1.54) is 0 Å². The lowest BCUT2D eigenvalue weighted by Crippen LogP contribution is -2.47. The monoisotopic (exact) mass is 402 g/mol. The topological polar surface area (TPSA) is 67.4 Å². The summed E-state index contributed by atoms with van der Waals surface area (Å²) in [6, 6.07) is 16.2. The van der Waals surface area contributed by atoms with Gasteiger partial charge in [0.05, 0.1) is 6.04 Å². The van der Waals surface area contributed by atoms with Crippen LogP contribution in [0.5, 0.6) is 0 Å². The summed E-state index contributed by atoms with van der Waals surface area (Å²) in [6.45, 7) is 6.93. The Morgan fingerprint density at radius 1 is 1.00 bits per heavy atom. The van der Waals surface area contributed by atoms with E-state index in [9.17, 15) is 9.59 Å².